The summed E-state index contributed by atoms with van der Waals surface area (Å²) < 4.78 is 5.51. The summed E-state index contributed by atoms with van der Waals surface area (Å²) in [6, 6.07) is 4.30. The average Bonchev–Trinajstić information content (AvgIpc) is 2.33. The second kappa shape index (κ2) is 5.83. The number of methoxy groups -OCH3 is 1. The monoisotopic (exact) mass is 262 g/mol. The van der Waals surface area contributed by atoms with Crippen LogP contribution in [0.3, 0.4) is 0 Å². The predicted molar refractivity (Wildman–Crippen MR) is 81.2 cm³/mol. The number of anilines is 1. The van der Waals surface area contributed by atoms with E-state index in [0.29, 0.717) is 5.41 Å². The number of benzene rings is 1. The molecule has 0 bridgehead atoms. The number of hydrogen-bond acceptors (Lipinski definition) is 3. The quantitative estimate of drug-likeness (QED) is 0.826. The average molecular weight is 262 g/mol. The van der Waals surface area contributed by atoms with Gasteiger partial charge in [-0.15, -0.1) is 0 Å². The number of nitrogens with one attached hydrogen (secondary N) is 2. The second-order valence-corrected chi connectivity index (χ2v) is 5.90. The lowest BCUT2D eigenvalue weighted by Crippen LogP contribution is -2.44. The Morgan fingerprint density at radius 3 is 2.47 bits per heavy atom. The summed E-state index contributed by atoms with van der Waals surface area (Å²) >= 11 is 0. The van der Waals surface area contributed by atoms with Crippen molar-refractivity contribution >= 4 is 5.69 Å². The van der Waals surface area contributed by atoms with Crippen molar-refractivity contribution in [2.45, 2.75) is 33.1 Å². The molecule has 0 spiro atoms. The molecule has 0 saturated heterocycles. The van der Waals surface area contributed by atoms with Crippen LogP contribution in [0, 0.1) is 19.3 Å². The smallest absolute Gasteiger partial charge is 0.142 e. The Bertz CT molecular complexity index is 439. The maximum atomic E-state index is 5.51. The van der Waals surface area contributed by atoms with Gasteiger partial charge in [-0.1, -0.05) is 12.5 Å². The van der Waals surface area contributed by atoms with E-state index in [1.165, 1.54) is 30.4 Å². The van der Waals surface area contributed by atoms with Crippen LogP contribution in [0.1, 0.15) is 30.4 Å². The highest BCUT2D eigenvalue weighted by molar-refractivity contribution is 5.63. The molecule has 1 fully saturated rings. The van der Waals surface area contributed by atoms with Gasteiger partial charge in [-0.2, -0.15) is 0 Å². The van der Waals surface area contributed by atoms with E-state index in [4.69, 9.17) is 4.74 Å². The fourth-order valence-electron chi connectivity index (χ4n) is 3.06. The molecule has 0 amide bonds. The summed E-state index contributed by atoms with van der Waals surface area (Å²) in [5, 5.41) is 6.95. The molecule has 0 heterocycles. The maximum Gasteiger partial charge on any atom is 0.142 e. The first-order chi connectivity index (χ1) is 9.10. The van der Waals surface area contributed by atoms with Crippen molar-refractivity contribution in [2.24, 2.45) is 5.41 Å². The molecular formula is C16H26N2O. The van der Waals surface area contributed by atoms with Gasteiger partial charge in [0.2, 0.25) is 0 Å². The van der Waals surface area contributed by atoms with Crippen molar-refractivity contribution in [3.63, 3.8) is 0 Å². The molecule has 1 aromatic carbocycles. The number of ether oxygens (including phenoxy) is 1. The third-order valence-corrected chi connectivity index (χ3v) is 4.27. The summed E-state index contributed by atoms with van der Waals surface area (Å²) in [4.78, 5) is 0. The topological polar surface area (TPSA) is 33.3 Å². The maximum absolute atomic E-state index is 5.51. The van der Waals surface area contributed by atoms with Gasteiger partial charge in [-0.25, -0.2) is 0 Å². The van der Waals surface area contributed by atoms with Crippen LogP contribution < -0.4 is 15.4 Å². The lowest BCUT2D eigenvalue weighted by molar-refractivity contribution is 0.151. The molecule has 2 N–H and O–H groups in total. The minimum absolute atomic E-state index is 0.428. The zero-order chi connectivity index (χ0) is 13.9. The summed E-state index contributed by atoms with van der Waals surface area (Å²) in [6.45, 7) is 6.36. The highest BCUT2D eigenvalue weighted by Gasteiger charge is 2.36. The molecule has 0 radical (unpaired) electrons. The third kappa shape index (κ3) is 3.03. The van der Waals surface area contributed by atoms with Crippen LogP contribution in [-0.2, 0) is 0 Å². The first-order valence-electron chi connectivity index (χ1n) is 7.14. The van der Waals surface area contributed by atoms with Gasteiger partial charge in [-0.05, 0) is 50.9 Å². The molecule has 3 nitrogen and oxygen atoms in total. The molecule has 2 rings (SSSR count). The first kappa shape index (κ1) is 14.2. The summed E-state index contributed by atoms with van der Waals surface area (Å²) in [5.41, 5.74) is 4.08. The Labute approximate surface area is 116 Å². The minimum atomic E-state index is 0.428. The van der Waals surface area contributed by atoms with Gasteiger partial charge in [0.25, 0.3) is 0 Å². The standard InChI is InChI=1S/C16H26N2O/c1-12-8-13(2)15(14(9-12)19-4)18-11-16(10-17-3)6-5-7-16/h8-9,17-18H,5-7,10-11H2,1-4H3. The molecule has 19 heavy (non-hydrogen) atoms. The molecule has 0 atom stereocenters. The predicted octanol–water partition coefficient (Wildman–Crippen LogP) is 3.11. The molecule has 1 aliphatic rings. The van der Waals surface area contributed by atoms with E-state index in [9.17, 15) is 0 Å². The molecule has 0 aromatic heterocycles. The minimum Gasteiger partial charge on any atom is -0.495 e. The van der Waals surface area contributed by atoms with Crippen LogP contribution in [0.5, 0.6) is 5.75 Å². The Morgan fingerprint density at radius 1 is 1.21 bits per heavy atom. The highest BCUT2D eigenvalue weighted by atomic mass is 16.5. The van der Waals surface area contributed by atoms with Crippen LogP contribution in [0.4, 0.5) is 5.69 Å². The van der Waals surface area contributed by atoms with Gasteiger partial charge >= 0.3 is 0 Å². The number of aryl methyl sites for hydroxylation is 2. The molecule has 106 valence electrons. The molecule has 3 heteroatoms. The molecular weight excluding hydrogens is 236 g/mol. The SMILES string of the molecule is CNCC1(CNc2c(C)cc(C)cc2OC)CCC1. The van der Waals surface area contributed by atoms with Crippen molar-refractivity contribution < 1.29 is 4.74 Å². The van der Waals surface area contributed by atoms with Crippen LogP contribution in [0.25, 0.3) is 0 Å². The fourth-order valence-corrected chi connectivity index (χ4v) is 3.06. The van der Waals surface area contributed by atoms with Crippen molar-refractivity contribution in [3.8, 4) is 5.75 Å². The van der Waals surface area contributed by atoms with Gasteiger partial charge in [0.1, 0.15) is 5.75 Å². The largest absolute Gasteiger partial charge is 0.495 e. The molecule has 0 aliphatic heterocycles. The van der Waals surface area contributed by atoms with Crippen molar-refractivity contribution in [2.75, 3.05) is 32.6 Å². The number of rotatable bonds is 6. The van der Waals surface area contributed by atoms with Crippen molar-refractivity contribution in [1.29, 1.82) is 0 Å². The van der Waals surface area contributed by atoms with E-state index in [0.717, 1.165) is 24.5 Å². The van der Waals surface area contributed by atoms with Crippen molar-refractivity contribution in [1.82, 2.24) is 5.32 Å². The van der Waals surface area contributed by atoms with Gasteiger partial charge in [0.15, 0.2) is 0 Å². The van der Waals surface area contributed by atoms with Gasteiger partial charge in [0.05, 0.1) is 12.8 Å². The second-order valence-electron chi connectivity index (χ2n) is 5.90. The van der Waals surface area contributed by atoms with E-state index < -0.39 is 0 Å². The molecule has 1 aliphatic carbocycles. The zero-order valence-corrected chi connectivity index (χ0v) is 12.6. The highest BCUT2D eigenvalue weighted by Crippen LogP contribution is 2.41. The lowest BCUT2D eigenvalue weighted by Gasteiger charge is -2.42. The van der Waals surface area contributed by atoms with Gasteiger partial charge in [0, 0.05) is 18.5 Å². The molecule has 1 saturated carbocycles. The third-order valence-electron chi connectivity index (χ3n) is 4.27. The normalized spacial score (nSPS) is 16.8. The van der Waals surface area contributed by atoms with Gasteiger partial charge in [-0.3, -0.25) is 0 Å². The van der Waals surface area contributed by atoms with Crippen LogP contribution in [0.15, 0.2) is 12.1 Å². The van der Waals surface area contributed by atoms with E-state index >= 15 is 0 Å². The first-order valence-corrected chi connectivity index (χ1v) is 7.14. The number of hydrogen-bond donors (Lipinski definition) is 2. The Balaban J connectivity index is 2.10. The zero-order valence-electron chi connectivity index (χ0n) is 12.6. The van der Waals surface area contributed by atoms with E-state index in [1.54, 1.807) is 7.11 Å². The Kier molecular flexibility index (Phi) is 4.35. The lowest BCUT2D eigenvalue weighted by atomic mass is 9.68. The van der Waals surface area contributed by atoms with E-state index in [-0.39, 0.29) is 0 Å². The van der Waals surface area contributed by atoms with E-state index in [1.807, 2.05) is 7.05 Å². The Hall–Kier alpha value is -1.22. The van der Waals surface area contributed by atoms with Crippen LogP contribution in [-0.4, -0.2) is 27.2 Å². The van der Waals surface area contributed by atoms with Crippen molar-refractivity contribution in [3.05, 3.63) is 23.3 Å². The fraction of sp³-hybridized carbons (Fsp3) is 0.625. The summed E-state index contributed by atoms with van der Waals surface area (Å²) in [5.74, 6) is 0.955. The van der Waals surface area contributed by atoms with Crippen LogP contribution >= 0.6 is 0 Å². The summed E-state index contributed by atoms with van der Waals surface area (Å²) in [6.07, 6.45) is 3.98. The van der Waals surface area contributed by atoms with E-state index in [2.05, 4.69) is 36.6 Å². The Morgan fingerprint density at radius 2 is 1.95 bits per heavy atom. The van der Waals surface area contributed by atoms with Crippen LogP contribution in [0.2, 0.25) is 0 Å². The summed E-state index contributed by atoms with van der Waals surface area (Å²) in [7, 11) is 3.78. The molecule has 0 unspecified atom stereocenters. The van der Waals surface area contributed by atoms with Gasteiger partial charge < -0.3 is 15.4 Å². The molecule has 1 aromatic rings.